The van der Waals surface area contributed by atoms with Crippen LogP contribution in [0.25, 0.3) is 0 Å². The monoisotopic (exact) mass is 319 g/mol. The molecule has 0 unspecified atom stereocenters. The summed E-state index contributed by atoms with van der Waals surface area (Å²) in [7, 11) is 0. The lowest BCUT2D eigenvalue weighted by molar-refractivity contribution is -0.384. The predicted molar refractivity (Wildman–Crippen MR) is 72.4 cm³/mol. The second kappa shape index (κ2) is 6.65. The summed E-state index contributed by atoms with van der Waals surface area (Å²) >= 11 is 2.93. The molecule has 0 fully saturated rings. The van der Waals surface area contributed by atoms with Gasteiger partial charge < -0.3 is 10.6 Å². The molecule has 0 spiro atoms. The van der Waals surface area contributed by atoms with Crippen LogP contribution in [0, 0.1) is 15.9 Å². The van der Waals surface area contributed by atoms with Crippen LogP contribution in [-0.2, 0) is 0 Å². The van der Waals surface area contributed by atoms with Gasteiger partial charge in [-0.1, -0.05) is 13.8 Å². The van der Waals surface area contributed by atoms with E-state index in [1.54, 1.807) is 0 Å². The Morgan fingerprint density at radius 3 is 2.67 bits per heavy atom. The third-order valence-electron chi connectivity index (χ3n) is 2.23. The van der Waals surface area contributed by atoms with Gasteiger partial charge in [0.25, 0.3) is 5.69 Å². The minimum atomic E-state index is -0.539. The van der Waals surface area contributed by atoms with Gasteiger partial charge in [0.1, 0.15) is 11.5 Å². The van der Waals surface area contributed by atoms with Crippen LogP contribution >= 0.6 is 15.9 Å². The first-order valence-electron chi connectivity index (χ1n) is 5.52. The topological polar surface area (TPSA) is 67.2 Å². The van der Waals surface area contributed by atoms with Crippen molar-refractivity contribution in [1.82, 2.24) is 5.32 Å². The highest BCUT2D eigenvalue weighted by atomic mass is 79.9. The number of nitro groups is 1. The highest BCUT2D eigenvalue weighted by molar-refractivity contribution is 9.10. The van der Waals surface area contributed by atoms with Gasteiger partial charge in [0, 0.05) is 31.3 Å². The van der Waals surface area contributed by atoms with Crippen molar-refractivity contribution in [2.75, 3.05) is 18.4 Å². The second-order valence-electron chi connectivity index (χ2n) is 4.08. The lowest BCUT2D eigenvalue weighted by atomic mass is 10.2. The molecule has 0 saturated carbocycles. The summed E-state index contributed by atoms with van der Waals surface area (Å²) in [6, 6.07) is 2.62. The van der Waals surface area contributed by atoms with Crippen molar-refractivity contribution in [3.63, 3.8) is 0 Å². The van der Waals surface area contributed by atoms with Crippen LogP contribution < -0.4 is 10.6 Å². The summed E-state index contributed by atoms with van der Waals surface area (Å²) in [5.41, 5.74) is 0.0408. The molecule has 0 aromatic heterocycles. The summed E-state index contributed by atoms with van der Waals surface area (Å²) in [6.07, 6.45) is 0. The number of nitrogens with zero attached hydrogens (tertiary/aromatic N) is 1. The molecule has 1 aromatic carbocycles. The molecule has 0 bridgehead atoms. The van der Waals surface area contributed by atoms with Crippen molar-refractivity contribution in [1.29, 1.82) is 0 Å². The molecular formula is C11H15BrFN3O2. The van der Waals surface area contributed by atoms with Crippen LogP contribution in [0.3, 0.4) is 0 Å². The highest BCUT2D eigenvalue weighted by Crippen LogP contribution is 2.30. The Morgan fingerprint density at radius 1 is 1.44 bits per heavy atom. The number of benzene rings is 1. The van der Waals surface area contributed by atoms with Gasteiger partial charge in [0.15, 0.2) is 0 Å². The average molecular weight is 320 g/mol. The molecule has 5 nitrogen and oxygen atoms in total. The lowest BCUT2D eigenvalue weighted by Gasteiger charge is -2.10. The van der Waals surface area contributed by atoms with E-state index < -0.39 is 10.7 Å². The van der Waals surface area contributed by atoms with Crippen LogP contribution in [0.5, 0.6) is 0 Å². The minimum Gasteiger partial charge on any atom is -0.378 e. The zero-order valence-corrected chi connectivity index (χ0v) is 11.8. The smallest absolute Gasteiger partial charge is 0.293 e. The summed E-state index contributed by atoms with van der Waals surface area (Å²) in [6.45, 7) is 5.14. The van der Waals surface area contributed by atoms with Crippen LogP contribution in [-0.4, -0.2) is 24.1 Å². The van der Waals surface area contributed by atoms with Crippen molar-refractivity contribution in [3.05, 3.63) is 32.5 Å². The molecule has 0 radical (unpaired) electrons. The fourth-order valence-corrected chi connectivity index (χ4v) is 1.72. The Kier molecular flexibility index (Phi) is 5.49. The molecule has 0 saturated heterocycles. The largest absolute Gasteiger partial charge is 0.378 e. The van der Waals surface area contributed by atoms with Crippen LogP contribution in [0.1, 0.15) is 13.8 Å². The van der Waals surface area contributed by atoms with Crippen molar-refractivity contribution >= 4 is 27.3 Å². The van der Waals surface area contributed by atoms with Gasteiger partial charge in [-0.3, -0.25) is 10.1 Å². The summed E-state index contributed by atoms with van der Waals surface area (Å²) in [5.74, 6) is -0.528. The standard InChI is InChI=1S/C11H15BrFN3O2/c1-7(2)14-3-4-15-10-6-9(13)8(12)5-11(10)16(17)18/h5-7,14-15H,3-4H2,1-2H3. The van der Waals surface area contributed by atoms with Gasteiger partial charge in [-0.15, -0.1) is 0 Å². The molecule has 0 amide bonds. The molecule has 0 aliphatic rings. The second-order valence-corrected chi connectivity index (χ2v) is 4.93. The lowest BCUT2D eigenvalue weighted by Crippen LogP contribution is -2.28. The number of nitrogens with one attached hydrogen (secondary N) is 2. The van der Waals surface area contributed by atoms with Gasteiger partial charge in [-0.2, -0.15) is 0 Å². The van der Waals surface area contributed by atoms with Gasteiger partial charge in [-0.25, -0.2) is 4.39 Å². The van der Waals surface area contributed by atoms with E-state index >= 15 is 0 Å². The molecule has 0 atom stereocenters. The Bertz CT molecular complexity index is 441. The number of hydrogen-bond donors (Lipinski definition) is 2. The number of rotatable bonds is 6. The summed E-state index contributed by atoms with van der Waals surface area (Å²) in [5, 5.41) is 16.8. The molecular weight excluding hydrogens is 305 g/mol. The fraction of sp³-hybridized carbons (Fsp3) is 0.455. The third kappa shape index (κ3) is 4.23. The van der Waals surface area contributed by atoms with Crippen LogP contribution in [0.4, 0.5) is 15.8 Å². The number of halogens is 2. The first-order chi connectivity index (χ1) is 8.41. The molecule has 1 aromatic rings. The molecule has 18 heavy (non-hydrogen) atoms. The number of nitro benzene ring substituents is 1. The van der Waals surface area contributed by atoms with Gasteiger partial charge in [0.05, 0.1) is 9.40 Å². The van der Waals surface area contributed by atoms with Gasteiger partial charge >= 0.3 is 0 Å². The van der Waals surface area contributed by atoms with Gasteiger partial charge in [0.2, 0.25) is 0 Å². The van der Waals surface area contributed by atoms with E-state index in [4.69, 9.17) is 0 Å². The Labute approximate surface area is 113 Å². The minimum absolute atomic E-state index is 0.0834. The quantitative estimate of drug-likeness (QED) is 0.480. The molecule has 7 heteroatoms. The van der Waals surface area contributed by atoms with E-state index in [9.17, 15) is 14.5 Å². The van der Waals surface area contributed by atoms with Crippen molar-refractivity contribution < 1.29 is 9.31 Å². The zero-order valence-electron chi connectivity index (χ0n) is 10.2. The predicted octanol–water partition coefficient (Wildman–Crippen LogP) is 2.91. The molecule has 2 N–H and O–H groups in total. The first kappa shape index (κ1) is 14.8. The Balaban J connectivity index is 2.74. The van der Waals surface area contributed by atoms with E-state index in [1.807, 2.05) is 13.8 Å². The maximum Gasteiger partial charge on any atom is 0.293 e. The van der Waals surface area contributed by atoms with Crippen molar-refractivity contribution in [2.45, 2.75) is 19.9 Å². The maximum atomic E-state index is 13.3. The average Bonchev–Trinajstić information content (AvgIpc) is 2.28. The van der Waals surface area contributed by atoms with Crippen LogP contribution in [0.15, 0.2) is 16.6 Å². The number of hydrogen-bond acceptors (Lipinski definition) is 4. The molecule has 0 heterocycles. The highest BCUT2D eigenvalue weighted by Gasteiger charge is 2.17. The van der Waals surface area contributed by atoms with Crippen molar-refractivity contribution in [3.8, 4) is 0 Å². The van der Waals surface area contributed by atoms with E-state index in [2.05, 4.69) is 26.6 Å². The van der Waals surface area contributed by atoms with E-state index in [1.165, 1.54) is 0 Å². The summed E-state index contributed by atoms with van der Waals surface area (Å²) < 4.78 is 13.4. The zero-order chi connectivity index (χ0) is 13.7. The molecule has 1 rings (SSSR count). The summed E-state index contributed by atoms with van der Waals surface area (Å²) in [4.78, 5) is 10.3. The Morgan fingerprint density at radius 2 is 2.11 bits per heavy atom. The number of anilines is 1. The maximum absolute atomic E-state index is 13.3. The fourth-order valence-electron chi connectivity index (χ4n) is 1.39. The van der Waals surface area contributed by atoms with E-state index in [0.717, 1.165) is 12.1 Å². The van der Waals surface area contributed by atoms with E-state index in [0.29, 0.717) is 19.1 Å². The van der Waals surface area contributed by atoms with Gasteiger partial charge in [-0.05, 0) is 15.9 Å². The molecule has 100 valence electrons. The molecule has 0 aliphatic carbocycles. The SMILES string of the molecule is CC(C)NCCNc1cc(F)c(Br)cc1[N+](=O)[O-]. The third-order valence-corrected chi connectivity index (χ3v) is 2.84. The first-order valence-corrected chi connectivity index (χ1v) is 6.31. The normalized spacial score (nSPS) is 10.7. The Hall–Kier alpha value is -1.21. The van der Waals surface area contributed by atoms with E-state index in [-0.39, 0.29) is 15.8 Å². The molecule has 0 aliphatic heterocycles. The van der Waals surface area contributed by atoms with Crippen molar-refractivity contribution in [2.24, 2.45) is 0 Å². The van der Waals surface area contributed by atoms with Crippen LogP contribution in [0.2, 0.25) is 0 Å².